The predicted octanol–water partition coefficient (Wildman–Crippen LogP) is 5.01. The highest BCUT2D eigenvalue weighted by Gasteiger charge is 2.12. The van der Waals surface area contributed by atoms with Crippen LogP contribution in [0.5, 0.6) is 17.2 Å². The second kappa shape index (κ2) is 12.7. The summed E-state index contributed by atoms with van der Waals surface area (Å²) in [5.74, 6) is 2.64. The maximum absolute atomic E-state index is 6.02. The summed E-state index contributed by atoms with van der Waals surface area (Å²) in [5.41, 5.74) is 6.02. The van der Waals surface area contributed by atoms with Crippen molar-refractivity contribution < 1.29 is 14.2 Å². The predicted molar refractivity (Wildman–Crippen MR) is 139 cm³/mol. The Morgan fingerprint density at radius 1 is 1.16 bits per heavy atom. The number of hydrazone groups is 1. The summed E-state index contributed by atoms with van der Waals surface area (Å²) in [4.78, 5) is 0. The third kappa shape index (κ3) is 7.84. The van der Waals surface area contributed by atoms with Crippen molar-refractivity contribution in [2.75, 3.05) is 26.9 Å². The smallest absolute Gasteiger partial charge is 0.186 e. The van der Waals surface area contributed by atoms with Crippen LogP contribution in [0.3, 0.4) is 0 Å². The van der Waals surface area contributed by atoms with Crippen LogP contribution in [0.4, 0.5) is 0 Å². The summed E-state index contributed by atoms with van der Waals surface area (Å²) >= 11 is 7.32. The van der Waals surface area contributed by atoms with Gasteiger partial charge in [0, 0.05) is 6.54 Å². The van der Waals surface area contributed by atoms with Gasteiger partial charge in [0.25, 0.3) is 0 Å². The van der Waals surface area contributed by atoms with Crippen molar-refractivity contribution in [3.05, 3.63) is 50.6 Å². The average Bonchev–Trinajstić information content (AvgIpc) is 2.72. The fourth-order valence-corrected chi connectivity index (χ4v) is 3.84. The first-order valence-corrected chi connectivity index (χ1v) is 11.6. The molecular weight excluding hydrogens is 525 g/mol. The maximum atomic E-state index is 6.02. The van der Waals surface area contributed by atoms with E-state index in [4.69, 9.17) is 26.4 Å². The molecule has 0 saturated carbocycles. The minimum atomic E-state index is 0.397. The number of nitrogens with zero attached hydrogens (tertiary/aromatic N) is 1. The summed E-state index contributed by atoms with van der Waals surface area (Å²) in [6.07, 6.45) is 1.69. The Bertz CT molecular complexity index is 919. The average molecular weight is 555 g/mol. The zero-order valence-electron chi connectivity index (χ0n) is 18.6. The molecule has 0 aliphatic heterocycles. The van der Waals surface area contributed by atoms with E-state index in [1.54, 1.807) is 13.3 Å². The van der Waals surface area contributed by atoms with E-state index < -0.39 is 0 Å². The molecule has 0 fully saturated rings. The molecule has 0 unspecified atom stereocenters. The van der Waals surface area contributed by atoms with E-state index >= 15 is 0 Å². The lowest BCUT2D eigenvalue weighted by atomic mass is 10.0. The monoisotopic (exact) mass is 555 g/mol. The van der Waals surface area contributed by atoms with Gasteiger partial charge in [0.15, 0.2) is 16.6 Å². The van der Waals surface area contributed by atoms with Gasteiger partial charge >= 0.3 is 0 Å². The van der Waals surface area contributed by atoms with Crippen molar-refractivity contribution in [1.29, 1.82) is 0 Å². The molecule has 2 aromatic carbocycles. The van der Waals surface area contributed by atoms with Gasteiger partial charge in [0.1, 0.15) is 19.0 Å². The number of halogens is 1. The third-order valence-electron chi connectivity index (χ3n) is 4.35. The van der Waals surface area contributed by atoms with Crippen LogP contribution in [0, 0.1) is 10.5 Å². The van der Waals surface area contributed by atoms with Crippen LogP contribution < -0.4 is 25.0 Å². The van der Waals surface area contributed by atoms with Crippen LogP contribution in [-0.4, -0.2) is 38.2 Å². The standard InChI is InChI=1S/C23H30IN3O3S/c1-6-25-23(31)27-26-14-17-12-19(24)22(21(13-17)28-5)30-10-9-29-20-11-16(4)7-8-18(20)15(2)3/h7-8,11-15H,6,9-10H2,1-5H3,(H2,25,27,31)/b26-14-. The number of rotatable bonds is 10. The molecule has 2 aromatic rings. The number of methoxy groups -OCH3 is 1. The fourth-order valence-electron chi connectivity index (χ4n) is 2.86. The zero-order valence-corrected chi connectivity index (χ0v) is 21.6. The van der Waals surface area contributed by atoms with Crippen molar-refractivity contribution in [3.63, 3.8) is 0 Å². The molecule has 2 rings (SSSR count). The summed E-state index contributed by atoms with van der Waals surface area (Å²) in [6, 6.07) is 10.2. The first-order valence-electron chi connectivity index (χ1n) is 10.2. The van der Waals surface area contributed by atoms with Gasteiger partial charge in [0.2, 0.25) is 0 Å². The summed E-state index contributed by atoms with van der Waals surface area (Å²) in [7, 11) is 1.62. The molecule has 31 heavy (non-hydrogen) atoms. The number of nitrogens with one attached hydrogen (secondary N) is 2. The molecule has 0 aliphatic carbocycles. The first kappa shape index (κ1) is 25.2. The number of benzene rings is 2. The second-order valence-electron chi connectivity index (χ2n) is 7.16. The van der Waals surface area contributed by atoms with Crippen molar-refractivity contribution >= 4 is 46.1 Å². The summed E-state index contributed by atoms with van der Waals surface area (Å²) in [6.45, 7) is 9.95. The highest BCUT2D eigenvalue weighted by molar-refractivity contribution is 14.1. The number of aryl methyl sites for hydroxylation is 1. The van der Waals surface area contributed by atoms with Gasteiger partial charge in [-0.1, -0.05) is 26.0 Å². The number of ether oxygens (including phenoxy) is 3. The van der Waals surface area contributed by atoms with Crippen LogP contribution in [0.15, 0.2) is 35.4 Å². The van der Waals surface area contributed by atoms with Crippen LogP contribution in [0.2, 0.25) is 0 Å². The number of hydrogen-bond acceptors (Lipinski definition) is 5. The molecule has 0 saturated heterocycles. The fraction of sp³-hybridized carbons (Fsp3) is 0.391. The molecule has 6 nitrogen and oxygen atoms in total. The van der Waals surface area contributed by atoms with Gasteiger partial charge in [-0.05, 0) is 89.5 Å². The highest BCUT2D eigenvalue weighted by Crippen LogP contribution is 2.33. The molecule has 168 valence electrons. The minimum Gasteiger partial charge on any atom is -0.493 e. The van der Waals surface area contributed by atoms with Crippen molar-refractivity contribution in [3.8, 4) is 17.2 Å². The lowest BCUT2D eigenvalue weighted by Crippen LogP contribution is -2.31. The van der Waals surface area contributed by atoms with E-state index in [0.717, 1.165) is 21.4 Å². The Hall–Kier alpha value is -2.07. The van der Waals surface area contributed by atoms with Gasteiger partial charge in [-0.25, -0.2) is 0 Å². The van der Waals surface area contributed by atoms with Crippen molar-refractivity contribution in [1.82, 2.24) is 10.7 Å². The van der Waals surface area contributed by atoms with E-state index in [1.807, 2.05) is 19.1 Å². The molecular formula is C23H30IN3O3S. The quantitative estimate of drug-likeness (QED) is 0.141. The van der Waals surface area contributed by atoms with Crippen LogP contribution in [0.25, 0.3) is 0 Å². The Kier molecular flexibility index (Phi) is 10.3. The van der Waals surface area contributed by atoms with Gasteiger partial charge in [-0.15, -0.1) is 0 Å². The molecule has 2 N–H and O–H groups in total. The largest absolute Gasteiger partial charge is 0.493 e. The van der Waals surface area contributed by atoms with Gasteiger partial charge in [-0.3, -0.25) is 5.43 Å². The molecule has 0 bridgehead atoms. The Labute approximate surface area is 203 Å². The van der Waals surface area contributed by atoms with E-state index in [1.165, 1.54) is 11.1 Å². The molecule has 0 amide bonds. The van der Waals surface area contributed by atoms with Gasteiger partial charge in [0.05, 0.1) is 16.9 Å². The van der Waals surface area contributed by atoms with E-state index in [9.17, 15) is 0 Å². The van der Waals surface area contributed by atoms with Gasteiger partial charge < -0.3 is 19.5 Å². The van der Waals surface area contributed by atoms with Crippen molar-refractivity contribution in [2.24, 2.45) is 5.10 Å². The Morgan fingerprint density at radius 2 is 1.90 bits per heavy atom. The SMILES string of the molecule is CCNC(=S)N/N=C\c1cc(I)c(OCCOc2cc(C)ccc2C(C)C)c(OC)c1. The van der Waals surface area contributed by atoms with Crippen molar-refractivity contribution in [2.45, 2.75) is 33.6 Å². The first-order chi connectivity index (χ1) is 14.8. The van der Waals surface area contributed by atoms with E-state index in [-0.39, 0.29) is 0 Å². The molecule has 8 heteroatoms. The molecule has 0 atom stereocenters. The highest BCUT2D eigenvalue weighted by atomic mass is 127. The summed E-state index contributed by atoms with van der Waals surface area (Å²) < 4.78 is 18.5. The molecule has 0 heterocycles. The Morgan fingerprint density at radius 3 is 2.58 bits per heavy atom. The molecule has 0 spiro atoms. The molecule has 0 radical (unpaired) electrons. The molecule has 0 aromatic heterocycles. The maximum Gasteiger partial charge on any atom is 0.186 e. The van der Waals surface area contributed by atoms with E-state index in [0.29, 0.717) is 35.7 Å². The zero-order chi connectivity index (χ0) is 22.8. The normalized spacial score (nSPS) is 10.9. The van der Waals surface area contributed by atoms with Crippen LogP contribution >= 0.6 is 34.8 Å². The van der Waals surface area contributed by atoms with Crippen LogP contribution in [0.1, 0.15) is 43.4 Å². The number of thiocarbonyl (C=S) groups is 1. The number of hydrogen-bond donors (Lipinski definition) is 2. The van der Waals surface area contributed by atoms with Gasteiger partial charge in [-0.2, -0.15) is 5.10 Å². The minimum absolute atomic E-state index is 0.397. The van der Waals surface area contributed by atoms with Crippen LogP contribution in [-0.2, 0) is 0 Å². The lowest BCUT2D eigenvalue weighted by molar-refractivity contribution is 0.209. The third-order valence-corrected chi connectivity index (χ3v) is 5.38. The second-order valence-corrected chi connectivity index (χ2v) is 8.73. The Balaban J connectivity index is 2.00. The van der Waals surface area contributed by atoms with E-state index in [2.05, 4.69) is 77.4 Å². The molecule has 0 aliphatic rings. The lowest BCUT2D eigenvalue weighted by Gasteiger charge is -2.16. The topological polar surface area (TPSA) is 64.1 Å². The summed E-state index contributed by atoms with van der Waals surface area (Å²) in [5, 5.41) is 7.60.